The summed E-state index contributed by atoms with van der Waals surface area (Å²) in [5.74, 6) is -0.734. The third-order valence-electron chi connectivity index (χ3n) is 4.12. The summed E-state index contributed by atoms with van der Waals surface area (Å²) in [5.41, 5.74) is -0.313. The van der Waals surface area contributed by atoms with Gasteiger partial charge in [0, 0.05) is 18.3 Å². The third kappa shape index (κ3) is 3.82. The minimum Gasteiger partial charge on any atom is -0.481 e. The Kier molecular flexibility index (Phi) is 4.81. The van der Waals surface area contributed by atoms with Crippen LogP contribution in [0.2, 0.25) is 0 Å². The lowest BCUT2D eigenvalue weighted by atomic mass is 9.79. The van der Waals surface area contributed by atoms with E-state index in [1.807, 2.05) is 17.5 Å². The number of hydrogen-bond donors (Lipinski definition) is 1. The van der Waals surface area contributed by atoms with Crippen molar-refractivity contribution in [3.8, 4) is 0 Å². The van der Waals surface area contributed by atoms with Crippen LogP contribution in [0.4, 0.5) is 0 Å². The Bertz CT molecular complexity index is 463. The first-order chi connectivity index (χ1) is 9.51. The molecule has 1 aromatic heterocycles. The Morgan fingerprint density at radius 3 is 2.60 bits per heavy atom. The van der Waals surface area contributed by atoms with E-state index in [1.165, 1.54) is 0 Å². The van der Waals surface area contributed by atoms with Crippen molar-refractivity contribution >= 4 is 23.2 Å². The average molecular weight is 295 g/mol. The summed E-state index contributed by atoms with van der Waals surface area (Å²) >= 11 is 1.63. The summed E-state index contributed by atoms with van der Waals surface area (Å²) in [6.07, 6.45) is 4.27. The summed E-state index contributed by atoms with van der Waals surface area (Å²) in [6.45, 7) is 0.611. The van der Waals surface area contributed by atoms with Gasteiger partial charge in [-0.25, -0.2) is 0 Å². The Morgan fingerprint density at radius 1 is 1.35 bits per heavy atom. The summed E-state index contributed by atoms with van der Waals surface area (Å²) in [7, 11) is 1.80. The second-order valence-electron chi connectivity index (χ2n) is 5.78. The van der Waals surface area contributed by atoms with Crippen LogP contribution in [0.5, 0.6) is 0 Å². The smallest absolute Gasteiger partial charge is 0.303 e. The van der Waals surface area contributed by atoms with Crippen LogP contribution < -0.4 is 0 Å². The monoisotopic (exact) mass is 295 g/mol. The van der Waals surface area contributed by atoms with E-state index in [0.29, 0.717) is 13.0 Å². The number of thiophene rings is 1. The van der Waals surface area contributed by atoms with Crippen molar-refractivity contribution in [2.45, 2.75) is 45.1 Å². The van der Waals surface area contributed by atoms with Gasteiger partial charge in [-0.1, -0.05) is 18.9 Å². The number of carboxylic acids is 1. The van der Waals surface area contributed by atoms with E-state index in [2.05, 4.69) is 0 Å². The predicted octanol–water partition coefficient (Wildman–Crippen LogP) is 3.13. The van der Waals surface area contributed by atoms with E-state index in [4.69, 9.17) is 5.11 Å². The topological polar surface area (TPSA) is 57.6 Å². The van der Waals surface area contributed by atoms with E-state index in [1.54, 1.807) is 23.3 Å². The van der Waals surface area contributed by atoms with Crippen molar-refractivity contribution in [2.75, 3.05) is 7.05 Å². The third-order valence-corrected chi connectivity index (χ3v) is 4.98. The molecule has 0 atom stereocenters. The summed E-state index contributed by atoms with van der Waals surface area (Å²) < 4.78 is 0. The first-order valence-corrected chi connectivity index (χ1v) is 7.87. The maximum atomic E-state index is 12.3. The first-order valence-electron chi connectivity index (χ1n) is 6.99. The molecule has 1 saturated carbocycles. The molecule has 4 nitrogen and oxygen atoms in total. The maximum absolute atomic E-state index is 12.3. The summed E-state index contributed by atoms with van der Waals surface area (Å²) in [4.78, 5) is 26.3. The fourth-order valence-corrected chi connectivity index (χ4v) is 3.80. The minimum absolute atomic E-state index is 0.0570. The zero-order valence-electron chi connectivity index (χ0n) is 11.8. The number of carbonyl (C=O) groups excluding carboxylic acids is 1. The molecule has 110 valence electrons. The molecule has 1 N–H and O–H groups in total. The molecule has 0 aromatic carbocycles. The zero-order chi connectivity index (χ0) is 14.6. The summed E-state index contributed by atoms with van der Waals surface area (Å²) in [5, 5.41) is 11.1. The van der Waals surface area contributed by atoms with Crippen LogP contribution >= 0.6 is 11.3 Å². The lowest BCUT2D eigenvalue weighted by molar-refractivity contribution is -0.141. The zero-order valence-corrected chi connectivity index (χ0v) is 12.6. The second-order valence-corrected chi connectivity index (χ2v) is 6.82. The quantitative estimate of drug-likeness (QED) is 0.877. The standard InChI is InChI=1S/C15H21NO3S/c1-16(11-12-5-4-8-20-12)13(17)9-15(10-14(18)19)6-2-3-7-15/h4-5,8H,2-3,6-7,9-11H2,1H3,(H,18,19). The second kappa shape index (κ2) is 6.39. The first kappa shape index (κ1) is 15.0. The molecule has 5 heteroatoms. The van der Waals surface area contributed by atoms with Gasteiger partial charge in [0.2, 0.25) is 5.91 Å². The molecule has 1 heterocycles. The highest BCUT2D eigenvalue weighted by atomic mass is 32.1. The van der Waals surface area contributed by atoms with E-state index < -0.39 is 5.97 Å². The van der Waals surface area contributed by atoms with Crippen molar-refractivity contribution in [2.24, 2.45) is 5.41 Å². The molecule has 20 heavy (non-hydrogen) atoms. The highest BCUT2D eigenvalue weighted by Gasteiger charge is 2.38. The van der Waals surface area contributed by atoms with Crippen molar-refractivity contribution in [3.63, 3.8) is 0 Å². The normalized spacial score (nSPS) is 17.1. The lowest BCUT2D eigenvalue weighted by Crippen LogP contribution is -2.33. The Morgan fingerprint density at radius 2 is 2.05 bits per heavy atom. The van der Waals surface area contributed by atoms with Gasteiger partial charge in [-0.2, -0.15) is 0 Å². The van der Waals surface area contributed by atoms with Gasteiger partial charge in [0.25, 0.3) is 0 Å². The largest absolute Gasteiger partial charge is 0.481 e. The van der Waals surface area contributed by atoms with Gasteiger partial charge in [0.1, 0.15) is 0 Å². The van der Waals surface area contributed by atoms with Crippen molar-refractivity contribution in [1.82, 2.24) is 4.90 Å². The predicted molar refractivity (Wildman–Crippen MR) is 78.6 cm³/mol. The highest BCUT2D eigenvalue weighted by molar-refractivity contribution is 7.09. The van der Waals surface area contributed by atoms with Crippen LogP contribution in [0, 0.1) is 5.41 Å². The molecule has 0 spiro atoms. The van der Waals surface area contributed by atoms with Gasteiger partial charge in [-0.15, -0.1) is 11.3 Å². The molecule has 0 aliphatic heterocycles. The lowest BCUT2D eigenvalue weighted by Gasteiger charge is -2.28. The van der Waals surface area contributed by atoms with Crippen LogP contribution in [0.1, 0.15) is 43.4 Å². The number of carboxylic acid groups (broad SMARTS) is 1. The minimum atomic E-state index is -0.791. The number of hydrogen-bond acceptors (Lipinski definition) is 3. The molecule has 0 radical (unpaired) electrons. The molecule has 1 aliphatic carbocycles. The molecule has 1 fully saturated rings. The number of carbonyl (C=O) groups is 2. The fourth-order valence-electron chi connectivity index (χ4n) is 3.04. The van der Waals surface area contributed by atoms with Gasteiger partial charge in [0.15, 0.2) is 0 Å². The van der Waals surface area contributed by atoms with E-state index in [-0.39, 0.29) is 17.7 Å². The van der Waals surface area contributed by atoms with Gasteiger partial charge in [0.05, 0.1) is 13.0 Å². The molecule has 0 unspecified atom stereocenters. The van der Waals surface area contributed by atoms with Crippen LogP contribution in [-0.4, -0.2) is 28.9 Å². The average Bonchev–Trinajstić information content (AvgIpc) is 3.00. The molecule has 2 rings (SSSR count). The molecular formula is C15H21NO3S. The Hall–Kier alpha value is -1.36. The number of amides is 1. The molecule has 0 saturated heterocycles. The molecule has 1 amide bonds. The van der Waals surface area contributed by atoms with E-state index in [9.17, 15) is 9.59 Å². The van der Waals surface area contributed by atoms with Crippen molar-refractivity contribution in [1.29, 1.82) is 0 Å². The van der Waals surface area contributed by atoms with Crippen LogP contribution in [0.25, 0.3) is 0 Å². The van der Waals surface area contributed by atoms with Gasteiger partial charge in [-0.3, -0.25) is 9.59 Å². The number of rotatable bonds is 6. The Balaban J connectivity index is 1.95. The van der Waals surface area contributed by atoms with E-state index in [0.717, 1.165) is 30.6 Å². The highest BCUT2D eigenvalue weighted by Crippen LogP contribution is 2.44. The number of aliphatic carboxylic acids is 1. The molecule has 1 aliphatic rings. The van der Waals surface area contributed by atoms with E-state index >= 15 is 0 Å². The van der Waals surface area contributed by atoms with Gasteiger partial charge >= 0.3 is 5.97 Å². The fraction of sp³-hybridized carbons (Fsp3) is 0.600. The summed E-state index contributed by atoms with van der Waals surface area (Å²) in [6, 6.07) is 3.98. The van der Waals surface area contributed by atoms with Crippen molar-refractivity contribution in [3.05, 3.63) is 22.4 Å². The van der Waals surface area contributed by atoms with Gasteiger partial charge in [-0.05, 0) is 29.7 Å². The Labute approximate surface area is 123 Å². The SMILES string of the molecule is CN(Cc1cccs1)C(=O)CC1(CC(=O)O)CCCC1. The van der Waals surface area contributed by atoms with Crippen molar-refractivity contribution < 1.29 is 14.7 Å². The van der Waals surface area contributed by atoms with Crippen LogP contribution in [0.15, 0.2) is 17.5 Å². The maximum Gasteiger partial charge on any atom is 0.303 e. The molecule has 0 bridgehead atoms. The molecular weight excluding hydrogens is 274 g/mol. The van der Waals surface area contributed by atoms with Gasteiger partial charge < -0.3 is 10.0 Å². The van der Waals surface area contributed by atoms with Crippen LogP contribution in [0.3, 0.4) is 0 Å². The number of nitrogens with zero attached hydrogens (tertiary/aromatic N) is 1. The molecule has 1 aromatic rings. The van der Waals surface area contributed by atoms with Crippen LogP contribution in [-0.2, 0) is 16.1 Å².